The Hall–Kier alpha value is -3.32. The van der Waals surface area contributed by atoms with Crippen molar-refractivity contribution in [2.45, 2.75) is 39.3 Å². The average Bonchev–Trinajstić information content (AvgIpc) is 3.17. The maximum absolute atomic E-state index is 5.12. The van der Waals surface area contributed by atoms with E-state index in [1.54, 1.807) is 0 Å². The van der Waals surface area contributed by atoms with Crippen LogP contribution < -0.4 is 31.9 Å². The first-order valence-corrected chi connectivity index (χ1v) is 19.3. The zero-order valence-electron chi connectivity index (χ0n) is 31.0. The van der Waals surface area contributed by atoms with E-state index in [0.717, 1.165) is 151 Å². The summed E-state index contributed by atoms with van der Waals surface area (Å²) in [5.41, 5.74) is 9.47. The van der Waals surface area contributed by atoms with Gasteiger partial charge in [0.15, 0.2) is 0 Å². The molecule has 0 saturated heterocycles. The van der Waals surface area contributed by atoms with Gasteiger partial charge in [0, 0.05) is 129 Å². The monoisotopic (exact) mass is 755 g/mol. The van der Waals surface area contributed by atoms with Crippen molar-refractivity contribution in [1.29, 1.82) is 0 Å². The Balaban J connectivity index is 0.00000481. The molecule has 6 N–H and O–H groups in total. The van der Waals surface area contributed by atoms with Gasteiger partial charge in [0.25, 0.3) is 0 Å². The van der Waals surface area contributed by atoms with E-state index >= 15 is 0 Å². The third-order valence-electron chi connectivity index (χ3n) is 10.2. The molecular formula is C42H56MnN10+2. The molecule has 279 valence electrons. The second-order valence-corrected chi connectivity index (χ2v) is 14.2. The molecule has 2 aromatic heterocycles. The van der Waals surface area contributed by atoms with Crippen LogP contribution in [0.15, 0.2) is 84.9 Å². The first-order valence-electron chi connectivity index (χ1n) is 19.3. The summed E-state index contributed by atoms with van der Waals surface area (Å²) in [5, 5.41) is 24.1. The summed E-state index contributed by atoms with van der Waals surface area (Å²) in [4.78, 5) is 15.3. The minimum absolute atomic E-state index is 0. The van der Waals surface area contributed by atoms with Gasteiger partial charge in [-0.25, -0.2) is 9.97 Å². The van der Waals surface area contributed by atoms with Crippen molar-refractivity contribution in [3.63, 3.8) is 0 Å². The summed E-state index contributed by atoms with van der Waals surface area (Å²) < 4.78 is 0. The average molecular weight is 756 g/mol. The molecule has 5 aromatic rings. The molecule has 0 unspecified atom stereocenters. The molecule has 0 amide bonds. The van der Waals surface area contributed by atoms with E-state index in [0.29, 0.717) is 0 Å². The normalized spacial score (nSPS) is 16.9. The van der Waals surface area contributed by atoms with Crippen molar-refractivity contribution in [2.24, 2.45) is 0 Å². The topological polar surface area (TPSA) is 104 Å². The maximum Gasteiger partial charge on any atom is 2.00 e. The molecule has 3 aromatic carbocycles. The van der Waals surface area contributed by atoms with Crippen molar-refractivity contribution < 1.29 is 17.1 Å². The number of nitrogens with zero attached hydrogens (tertiary/aromatic N) is 4. The molecule has 4 heterocycles. The number of aromatic nitrogens is 2. The van der Waals surface area contributed by atoms with Gasteiger partial charge < -0.3 is 31.9 Å². The standard InChI is InChI=1S/C42H56N10.Mn/c1-3-33-25-34(4-1)28-44-14-20-51(19-13-43-27-33)23-17-47-31-39-11-9-37-7-8-38-10-12-40(50-42(38)41(37)49-39)32-48-18-24-52-21-15-45-29-35-5-2-6-36(26-35)30-46-16-22-52;/h1-12,25-26,43-48H,13-24,27-32H2;/q;+2. The van der Waals surface area contributed by atoms with Gasteiger partial charge in [0.05, 0.1) is 22.4 Å². The summed E-state index contributed by atoms with van der Waals surface area (Å²) >= 11 is 0. The van der Waals surface area contributed by atoms with E-state index in [4.69, 9.17) is 9.97 Å². The number of rotatable bonds is 10. The molecule has 0 spiro atoms. The summed E-state index contributed by atoms with van der Waals surface area (Å²) in [6.07, 6.45) is 0. The fourth-order valence-electron chi connectivity index (χ4n) is 7.20. The third-order valence-corrected chi connectivity index (χ3v) is 10.2. The van der Waals surface area contributed by atoms with Gasteiger partial charge >= 0.3 is 17.1 Å². The minimum Gasteiger partial charge on any atom is -0.311 e. The van der Waals surface area contributed by atoms with Crippen LogP contribution in [0.3, 0.4) is 0 Å². The Kier molecular flexibility index (Phi) is 15.6. The van der Waals surface area contributed by atoms with Crippen LogP contribution in [0.5, 0.6) is 0 Å². The number of hydrogen-bond donors (Lipinski definition) is 6. The fourth-order valence-corrected chi connectivity index (χ4v) is 7.20. The molecule has 0 atom stereocenters. The van der Waals surface area contributed by atoms with E-state index in [9.17, 15) is 0 Å². The third kappa shape index (κ3) is 12.1. The van der Waals surface area contributed by atoms with Crippen molar-refractivity contribution in [3.05, 3.63) is 119 Å². The number of fused-ring (bicyclic) bond motifs is 7. The molecule has 2 aliphatic rings. The Morgan fingerprint density at radius 2 is 0.849 bits per heavy atom. The Morgan fingerprint density at radius 3 is 1.23 bits per heavy atom. The maximum atomic E-state index is 5.12. The van der Waals surface area contributed by atoms with E-state index in [1.807, 2.05) is 0 Å². The molecule has 4 bridgehead atoms. The van der Waals surface area contributed by atoms with Gasteiger partial charge in [-0.1, -0.05) is 72.8 Å². The van der Waals surface area contributed by atoms with E-state index < -0.39 is 0 Å². The van der Waals surface area contributed by atoms with E-state index in [2.05, 4.69) is 127 Å². The van der Waals surface area contributed by atoms with Crippen molar-refractivity contribution in [1.82, 2.24) is 51.7 Å². The van der Waals surface area contributed by atoms with Gasteiger partial charge in [0.2, 0.25) is 0 Å². The summed E-state index contributed by atoms with van der Waals surface area (Å²) in [7, 11) is 0. The molecule has 10 nitrogen and oxygen atoms in total. The number of nitrogens with one attached hydrogen (secondary N) is 6. The molecule has 11 heteroatoms. The van der Waals surface area contributed by atoms with Crippen LogP contribution in [-0.2, 0) is 56.3 Å². The van der Waals surface area contributed by atoms with Gasteiger partial charge in [-0.3, -0.25) is 9.80 Å². The predicted octanol–water partition coefficient (Wildman–Crippen LogP) is 3.35. The zero-order valence-corrected chi connectivity index (χ0v) is 32.2. The fraction of sp³-hybridized carbons (Fsp3) is 0.429. The van der Waals surface area contributed by atoms with Crippen LogP contribution >= 0.6 is 0 Å². The second-order valence-electron chi connectivity index (χ2n) is 14.2. The van der Waals surface area contributed by atoms with Crippen molar-refractivity contribution in [3.8, 4) is 0 Å². The molecule has 1 radical (unpaired) electrons. The van der Waals surface area contributed by atoms with Crippen molar-refractivity contribution >= 4 is 21.8 Å². The number of benzene rings is 3. The summed E-state index contributed by atoms with van der Waals surface area (Å²) in [6.45, 7) is 17.1. The zero-order chi connectivity index (χ0) is 35.2. The predicted molar refractivity (Wildman–Crippen MR) is 213 cm³/mol. The van der Waals surface area contributed by atoms with Crippen LogP contribution in [0.4, 0.5) is 0 Å². The smallest absolute Gasteiger partial charge is 0.311 e. The Labute approximate surface area is 325 Å². The van der Waals surface area contributed by atoms with Crippen LogP contribution in [-0.4, -0.2) is 98.3 Å². The number of pyridine rings is 2. The summed E-state index contributed by atoms with van der Waals surface area (Å²) in [5.74, 6) is 0. The summed E-state index contributed by atoms with van der Waals surface area (Å²) in [6, 6.07) is 30.7. The molecule has 0 fully saturated rings. The van der Waals surface area contributed by atoms with E-state index in [1.165, 1.54) is 22.3 Å². The molecule has 0 saturated carbocycles. The van der Waals surface area contributed by atoms with Gasteiger partial charge in [0.1, 0.15) is 0 Å². The molecule has 53 heavy (non-hydrogen) atoms. The largest absolute Gasteiger partial charge is 2.00 e. The minimum atomic E-state index is 0. The molecule has 2 aliphatic heterocycles. The SMILES string of the molecule is [Mn+2].c1cc2cc(c1)CNCCN(CCNCc1ccc3ccc4ccc(CNCCN5CCNCc6cccc(c6)CNCC5)nc4c3n1)CCNC2. The quantitative estimate of drug-likeness (QED) is 0.0724. The van der Waals surface area contributed by atoms with Crippen LogP contribution in [0.25, 0.3) is 21.8 Å². The Bertz CT molecular complexity index is 1680. The first-order chi connectivity index (χ1) is 25.7. The first kappa shape index (κ1) is 39.4. The van der Waals surface area contributed by atoms with Crippen LogP contribution in [0.1, 0.15) is 33.6 Å². The molecular weight excluding hydrogens is 699 g/mol. The van der Waals surface area contributed by atoms with Crippen molar-refractivity contribution in [2.75, 3.05) is 78.5 Å². The molecule has 0 aliphatic carbocycles. The van der Waals surface area contributed by atoms with Gasteiger partial charge in [-0.15, -0.1) is 0 Å². The second kappa shape index (κ2) is 21.0. The van der Waals surface area contributed by atoms with Gasteiger partial charge in [-0.2, -0.15) is 0 Å². The van der Waals surface area contributed by atoms with Crippen LogP contribution in [0, 0.1) is 0 Å². The Morgan fingerprint density at radius 1 is 0.491 bits per heavy atom. The van der Waals surface area contributed by atoms with Crippen LogP contribution in [0.2, 0.25) is 0 Å². The van der Waals surface area contributed by atoms with E-state index in [-0.39, 0.29) is 17.1 Å². The number of hydrogen-bond acceptors (Lipinski definition) is 10. The van der Waals surface area contributed by atoms with Gasteiger partial charge in [-0.05, 0) is 34.4 Å². The molecule has 7 rings (SSSR count).